The van der Waals surface area contributed by atoms with Crippen LogP contribution in [0.25, 0.3) is 0 Å². The molecule has 1 aromatic carbocycles. The summed E-state index contributed by atoms with van der Waals surface area (Å²) in [6.45, 7) is 7.11. The number of amides is 2. The molecule has 1 unspecified atom stereocenters. The maximum atomic E-state index is 13.1. The number of carbonyl (C=O) groups excluding carboxylic acids is 2. The van der Waals surface area contributed by atoms with Crippen LogP contribution in [-0.2, 0) is 4.74 Å². The number of ether oxygens (including phenoxy) is 2. The molecular weight excluding hydrogens is 516 g/mol. The number of nitrogens with one attached hydrogen (secondary N) is 1. The van der Waals surface area contributed by atoms with Crippen LogP contribution < -0.4 is 21.5 Å². The fourth-order valence-electron chi connectivity index (χ4n) is 4.04. The minimum absolute atomic E-state index is 0.350. The van der Waals surface area contributed by atoms with Gasteiger partial charge in [-0.25, -0.2) is 9.59 Å². The molecule has 39 heavy (non-hydrogen) atoms. The maximum Gasteiger partial charge on any atom is 0.415 e. The Hall–Kier alpha value is -2.05. The summed E-state index contributed by atoms with van der Waals surface area (Å²) in [4.78, 5) is 31.4. The van der Waals surface area contributed by atoms with Crippen LogP contribution in [0.5, 0.6) is 5.75 Å². The highest BCUT2D eigenvalue weighted by atomic mass is 32.2. The molecule has 0 aliphatic carbocycles. The molecule has 0 heterocycles. The predicted molar refractivity (Wildman–Crippen MR) is 161 cm³/mol. The van der Waals surface area contributed by atoms with Gasteiger partial charge in [0.05, 0.1) is 0 Å². The lowest BCUT2D eigenvalue weighted by Gasteiger charge is -2.24. The fraction of sp³-hybridized carbons (Fsp3) is 0.714. The number of unbranched alkanes of at least 4 members (excludes halogenated alkanes) is 2. The van der Waals surface area contributed by atoms with Gasteiger partial charge >= 0.3 is 12.2 Å². The fourth-order valence-corrected chi connectivity index (χ4v) is 4.74. The van der Waals surface area contributed by atoms with Crippen molar-refractivity contribution in [3.05, 3.63) is 29.3 Å². The van der Waals surface area contributed by atoms with Gasteiger partial charge in [0.1, 0.15) is 18.1 Å². The van der Waals surface area contributed by atoms with E-state index in [4.69, 9.17) is 20.9 Å². The van der Waals surface area contributed by atoms with Crippen LogP contribution in [0, 0.1) is 6.92 Å². The van der Waals surface area contributed by atoms with Crippen LogP contribution in [0.3, 0.4) is 0 Å². The van der Waals surface area contributed by atoms with E-state index in [0.717, 1.165) is 67.8 Å². The first-order valence-corrected chi connectivity index (χ1v) is 15.1. The molecule has 0 aromatic heterocycles. The molecule has 10 nitrogen and oxygen atoms in total. The molecule has 0 radical (unpaired) electrons. The number of alkyl carbamates (subject to hydrolysis) is 1. The third-order valence-electron chi connectivity index (χ3n) is 6.09. The summed E-state index contributed by atoms with van der Waals surface area (Å²) in [6.07, 6.45) is 3.05. The normalized spacial score (nSPS) is 12.2. The topological polar surface area (TPSA) is 126 Å². The SMILES string of the molecule is CCSCCCCCC(OC(=O)NC(N)N)c1ccc(OC(=O)N(CCCN(C)C)CCCN(C)C)c(C)c1. The molecule has 5 N–H and O–H groups in total. The lowest BCUT2D eigenvalue weighted by atomic mass is 10.0. The van der Waals surface area contributed by atoms with E-state index < -0.39 is 18.5 Å². The van der Waals surface area contributed by atoms with Gasteiger partial charge in [0.2, 0.25) is 0 Å². The highest BCUT2D eigenvalue weighted by Crippen LogP contribution is 2.29. The third-order valence-corrected chi connectivity index (χ3v) is 7.07. The molecule has 1 aromatic rings. The monoisotopic (exact) mass is 568 g/mol. The number of thioether (sulfide) groups is 1. The van der Waals surface area contributed by atoms with Crippen molar-refractivity contribution in [3.8, 4) is 5.75 Å². The summed E-state index contributed by atoms with van der Waals surface area (Å²) < 4.78 is 11.5. The number of hydrogen-bond donors (Lipinski definition) is 3. The molecule has 224 valence electrons. The van der Waals surface area contributed by atoms with Crippen LogP contribution in [0.15, 0.2) is 18.2 Å². The average molecular weight is 569 g/mol. The van der Waals surface area contributed by atoms with E-state index in [2.05, 4.69) is 22.0 Å². The summed E-state index contributed by atoms with van der Waals surface area (Å²) in [6, 6.07) is 5.55. The molecule has 1 rings (SSSR count). The molecule has 0 spiro atoms. The summed E-state index contributed by atoms with van der Waals surface area (Å²) >= 11 is 1.93. The Morgan fingerprint density at radius 3 is 2.13 bits per heavy atom. The second-order valence-corrected chi connectivity index (χ2v) is 11.7. The lowest BCUT2D eigenvalue weighted by molar-refractivity contribution is 0.0882. The van der Waals surface area contributed by atoms with E-state index in [1.165, 1.54) is 0 Å². The summed E-state index contributed by atoms with van der Waals surface area (Å²) in [5.74, 6) is 2.74. The van der Waals surface area contributed by atoms with Gasteiger partial charge in [0.25, 0.3) is 0 Å². The number of rotatable bonds is 19. The van der Waals surface area contributed by atoms with Crippen molar-refractivity contribution in [2.75, 3.05) is 65.9 Å². The number of hydrogen-bond acceptors (Lipinski definition) is 9. The molecule has 11 heteroatoms. The van der Waals surface area contributed by atoms with Crippen molar-refractivity contribution in [2.45, 2.75) is 64.8 Å². The smallest absolute Gasteiger partial charge is 0.415 e. The second-order valence-electron chi connectivity index (χ2n) is 10.3. The first kappa shape index (κ1) is 35.0. The summed E-state index contributed by atoms with van der Waals surface area (Å²) in [7, 11) is 8.10. The van der Waals surface area contributed by atoms with Gasteiger partial charge < -0.3 is 24.2 Å². The first-order chi connectivity index (χ1) is 18.5. The van der Waals surface area contributed by atoms with Crippen molar-refractivity contribution in [3.63, 3.8) is 0 Å². The van der Waals surface area contributed by atoms with Crippen molar-refractivity contribution in [2.24, 2.45) is 11.5 Å². The van der Waals surface area contributed by atoms with Crippen molar-refractivity contribution in [1.82, 2.24) is 20.0 Å². The van der Waals surface area contributed by atoms with E-state index in [1.807, 2.05) is 59.0 Å². The zero-order valence-electron chi connectivity index (χ0n) is 24.9. The maximum absolute atomic E-state index is 13.1. The number of nitrogens with two attached hydrogens (primary N) is 2. The van der Waals surface area contributed by atoms with Gasteiger partial charge in [0, 0.05) is 13.1 Å². The Morgan fingerprint density at radius 1 is 0.949 bits per heavy atom. The zero-order chi connectivity index (χ0) is 29.2. The standard InChI is InChI=1S/C28H52N6O4S/c1-7-39-20-10-8-9-13-25(37-27(35)31-26(29)30)23-14-15-24(22(2)21-23)38-28(36)34(18-11-16-32(3)4)19-12-17-33(5)6/h14-15,21,25-26H,7-13,16-20,29-30H2,1-6H3,(H,31,35). The summed E-state index contributed by atoms with van der Waals surface area (Å²) in [5.41, 5.74) is 12.6. The van der Waals surface area contributed by atoms with Crippen LogP contribution in [0.4, 0.5) is 9.59 Å². The molecule has 1 atom stereocenters. The Balaban J connectivity index is 2.92. The van der Waals surface area contributed by atoms with Gasteiger partial charge in [-0.2, -0.15) is 11.8 Å². The van der Waals surface area contributed by atoms with Gasteiger partial charge in [-0.1, -0.05) is 19.4 Å². The molecule has 0 aliphatic rings. The number of aryl methyl sites for hydroxylation is 1. The van der Waals surface area contributed by atoms with Crippen molar-refractivity contribution < 1.29 is 19.1 Å². The van der Waals surface area contributed by atoms with E-state index in [9.17, 15) is 9.59 Å². The lowest BCUT2D eigenvalue weighted by Crippen LogP contribution is -2.48. The molecule has 0 saturated carbocycles. The highest BCUT2D eigenvalue weighted by molar-refractivity contribution is 7.99. The number of nitrogens with zero attached hydrogens (tertiary/aromatic N) is 3. The van der Waals surface area contributed by atoms with Gasteiger partial charge in [-0.15, -0.1) is 0 Å². The molecular formula is C28H52N6O4S. The van der Waals surface area contributed by atoms with Crippen molar-refractivity contribution >= 4 is 23.9 Å². The van der Waals surface area contributed by atoms with E-state index >= 15 is 0 Å². The minimum atomic E-state index is -0.994. The molecule has 2 amide bonds. The number of benzene rings is 1. The summed E-state index contributed by atoms with van der Waals surface area (Å²) in [5, 5.41) is 2.38. The Morgan fingerprint density at radius 2 is 1.59 bits per heavy atom. The van der Waals surface area contributed by atoms with E-state index in [-0.39, 0.29) is 6.09 Å². The molecule has 0 fully saturated rings. The largest absolute Gasteiger partial charge is 0.441 e. The highest BCUT2D eigenvalue weighted by Gasteiger charge is 2.21. The number of carbonyl (C=O) groups is 2. The van der Waals surface area contributed by atoms with E-state index in [0.29, 0.717) is 25.3 Å². The van der Waals surface area contributed by atoms with Crippen LogP contribution in [0.2, 0.25) is 0 Å². The van der Waals surface area contributed by atoms with Gasteiger partial charge in [0.15, 0.2) is 0 Å². The van der Waals surface area contributed by atoms with E-state index in [1.54, 1.807) is 11.0 Å². The molecule has 0 bridgehead atoms. The first-order valence-electron chi connectivity index (χ1n) is 14.0. The predicted octanol–water partition coefficient (Wildman–Crippen LogP) is 3.98. The molecule has 0 saturated heterocycles. The minimum Gasteiger partial charge on any atom is -0.441 e. The third kappa shape index (κ3) is 16.0. The average Bonchev–Trinajstić information content (AvgIpc) is 2.84. The Kier molecular flexibility index (Phi) is 17.9. The Labute approximate surface area is 240 Å². The van der Waals surface area contributed by atoms with Crippen LogP contribution in [-0.4, -0.2) is 99.1 Å². The second kappa shape index (κ2) is 19.9. The van der Waals surface area contributed by atoms with Crippen molar-refractivity contribution in [1.29, 1.82) is 0 Å². The molecule has 0 aliphatic heterocycles. The zero-order valence-corrected chi connectivity index (χ0v) is 25.7. The quantitative estimate of drug-likeness (QED) is 0.168. The van der Waals surface area contributed by atoms with Gasteiger partial charge in [-0.3, -0.25) is 16.8 Å². The van der Waals surface area contributed by atoms with Gasteiger partial charge in [-0.05, 0) is 115 Å². The van der Waals surface area contributed by atoms with Crippen LogP contribution >= 0.6 is 11.8 Å². The Bertz CT molecular complexity index is 826. The van der Waals surface area contributed by atoms with Crippen LogP contribution in [0.1, 0.15) is 62.7 Å².